The number of piperidine rings is 1. The van der Waals surface area contributed by atoms with Gasteiger partial charge in [-0.2, -0.15) is 0 Å². The molecule has 1 amide bonds. The highest BCUT2D eigenvalue weighted by Gasteiger charge is 2.32. The van der Waals surface area contributed by atoms with Gasteiger partial charge in [-0.05, 0) is 50.2 Å². The number of anilines is 1. The number of carbonyl (C=O) groups excluding carboxylic acids is 1. The van der Waals surface area contributed by atoms with Crippen LogP contribution in [0.25, 0.3) is 0 Å². The first-order valence-corrected chi connectivity index (χ1v) is 13.0. The Balaban J connectivity index is 1.14. The molecule has 0 spiro atoms. The third kappa shape index (κ3) is 4.96. The monoisotopic (exact) mass is 454 g/mol. The van der Waals surface area contributed by atoms with Crippen molar-refractivity contribution in [2.45, 2.75) is 56.8 Å². The molecular weight excluding hydrogens is 420 g/mol. The highest BCUT2D eigenvalue weighted by molar-refractivity contribution is 7.99. The van der Waals surface area contributed by atoms with Gasteiger partial charge in [-0.15, -0.1) is 10.2 Å². The van der Waals surface area contributed by atoms with Crippen LogP contribution in [-0.2, 0) is 11.3 Å². The summed E-state index contributed by atoms with van der Waals surface area (Å²) in [6.45, 7) is 8.75. The van der Waals surface area contributed by atoms with Gasteiger partial charge in [-0.3, -0.25) is 14.3 Å². The van der Waals surface area contributed by atoms with Crippen molar-refractivity contribution < 1.29 is 4.79 Å². The van der Waals surface area contributed by atoms with Crippen LogP contribution in [0.15, 0.2) is 29.4 Å². The highest BCUT2D eigenvalue weighted by atomic mass is 32.2. The standard InChI is InChI=1S/C24H34N6OS/c1-19-7-3-4-8-20(19)17-27-13-15-28(16-14-27)22(31)18-32-24-26-25-23(30(24)21-9-10-21)29-11-5-2-6-12-29/h3-4,7-8,21H,2,5-6,9-18H2,1H3. The number of thioether (sulfide) groups is 1. The summed E-state index contributed by atoms with van der Waals surface area (Å²) in [5.41, 5.74) is 2.72. The Morgan fingerprint density at radius 3 is 2.47 bits per heavy atom. The number of nitrogens with zero attached hydrogens (tertiary/aromatic N) is 6. The number of rotatable bonds is 7. The minimum absolute atomic E-state index is 0.218. The van der Waals surface area contributed by atoms with Gasteiger partial charge < -0.3 is 9.80 Å². The molecule has 0 unspecified atom stereocenters. The number of hydrogen-bond acceptors (Lipinski definition) is 6. The fourth-order valence-electron chi connectivity index (χ4n) is 4.73. The van der Waals surface area contributed by atoms with Gasteiger partial charge in [-0.25, -0.2) is 0 Å². The van der Waals surface area contributed by atoms with Gasteiger partial charge in [-0.1, -0.05) is 36.0 Å². The second kappa shape index (κ2) is 9.83. The summed E-state index contributed by atoms with van der Waals surface area (Å²) in [5, 5.41) is 9.94. The molecule has 172 valence electrons. The zero-order chi connectivity index (χ0) is 21.9. The quantitative estimate of drug-likeness (QED) is 0.598. The molecule has 5 rings (SSSR count). The summed E-state index contributed by atoms with van der Waals surface area (Å²) < 4.78 is 2.31. The van der Waals surface area contributed by atoms with Crippen LogP contribution in [0.3, 0.4) is 0 Å². The van der Waals surface area contributed by atoms with Crippen molar-refractivity contribution in [3.8, 4) is 0 Å². The highest BCUT2D eigenvalue weighted by Crippen LogP contribution is 2.41. The van der Waals surface area contributed by atoms with Crippen molar-refractivity contribution in [3.63, 3.8) is 0 Å². The smallest absolute Gasteiger partial charge is 0.233 e. The lowest BCUT2D eigenvalue weighted by atomic mass is 10.1. The first-order chi connectivity index (χ1) is 15.7. The maximum atomic E-state index is 12.9. The van der Waals surface area contributed by atoms with E-state index in [1.165, 1.54) is 43.2 Å². The zero-order valence-electron chi connectivity index (χ0n) is 19.1. The van der Waals surface area contributed by atoms with Crippen LogP contribution in [-0.4, -0.2) is 75.5 Å². The van der Waals surface area contributed by atoms with Crippen LogP contribution in [0.1, 0.15) is 49.3 Å². The molecule has 8 heteroatoms. The number of aromatic nitrogens is 3. The number of piperazine rings is 1. The van der Waals surface area contributed by atoms with Crippen molar-refractivity contribution >= 4 is 23.6 Å². The molecule has 3 fully saturated rings. The average molecular weight is 455 g/mol. The van der Waals surface area contributed by atoms with E-state index in [2.05, 4.69) is 55.8 Å². The summed E-state index contributed by atoms with van der Waals surface area (Å²) >= 11 is 1.57. The van der Waals surface area contributed by atoms with Crippen molar-refractivity contribution in [2.24, 2.45) is 0 Å². The van der Waals surface area contributed by atoms with Gasteiger partial charge in [0.05, 0.1) is 5.75 Å². The first-order valence-electron chi connectivity index (χ1n) is 12.1. The molecule has 0 N–H and O–H groups in total. The van der Waals surface area contributed by atoms with E-state index in [4.69, 9.17) is 0 Å². The van der Waals surface area contributed by atoms with Crippen LogP contribution < -0.4 is 4.90 Å². The summed E-state index contributed by atoms with van der Waals surface area (Å²) in [6, 6.07) is 9.09. The number of benzene rings is 1. The molecule has 1 aromatic carbocycles. The molecule has 2 aliphatic heterocycles. The van der Waals surface area contributed by atoms with Crippen molar-refractivity contribution in [3.05, 3.63) is 35.4 Å². The SMILES string of the molecule is Cc1ccccc1CN1CCN(C(=O)CSc2nnc(N3CCCCC3)n2C2CC2)CC1. The average Bonchev–Trinajstić information content (AvgIpc) is 3.58. The van der Waals surface area contributed by atoms with Crippen LogP contribution in [0.2, 0.25) is 0 Å². The van der Waals surface area contributed by atoms with Crippen molar-refractivity contribution in [1.82, 2.24) is 24.6 Å². The minimum Gasteiger partial charge on any atom is -0.341 e. The van der Waals surface area contributed by atoms with Gasteiger partial charge in [0.1, 0.15) is 0 Å². The predicted octanol–water partition coefficient (Wildman–Crippen LogP) is 3.35. The Labute approximate surface area is 195 Å². The normalized spacial score (nSPS) is 20.0. The van der Waals surface area contributed by atoms with Crippen molar-refractivity contribution in [1.29, 1.82) is 0 Å². The summed E-state index contributed by atoms with van der Waals surface area (Å²) in [5.74, 6) is 1.69. The van der Waals surface area contributed by atoms with Gasteiger partial charge in [0.2, 0.25) is 11.9 Å². The third-order valence-electron chi connectivity index (χ3n) is 6.90. The molecule has 0 radical (unpaired) electrons. The molecule has 2 saturated heterocycles. The Morgan fingerprint density at radius 1 is 1.00 bits per heavy atom. The second-order valence-electron chi connectivity index (χ2n) is 9.30. The fraction of sp³-hybridized carbons (Fsp3) is 0.625. The van der Waals surface area contributed by atoms with Gasteiger partial charge in [0.15, 0.2) is 5.16 Å². The maximum absolute atomic E-state index is 12.9. The maximum Gasteiger partial charge on any atom is 0.233 e. The molecule has 3 heterocycles. The number of amides is 1. The van der Waals surface area contributed by atoms with E-state index in [0.717, 1.165) is 56.9 Å². The predicted molar refractivity (Wildman–Crippen MR) is 128 cm³/mol. The van der Waals surface area contributed by atoms with Crippen molar-refractivity contribution in [2.75, 3.05) is 49.9 Å². The van der Waals surface area contributed by atoms with E-state index in [1.807, 2.05) is 4.90 Å². The zero-order valence-corrected chi connectivity index (χ0v) is 19.9. The first kappa shape index (κ1) is 21.8. The van der Waals surface area contributed by atoms with Gasteiger partial charge in [0, 0.05) is 51.9 Å². The van der Waals surface area contributed by atoms with E-state index in [1.54, 1.807) is 11.8 Å². The lowest BCUT2D eigenvalue weighted by Gasteiger charge is -2.35. The van der Waals surface area contributed by atoms with E-state index in [-0.39, 0.29) is 5.91 Å². The molecule has 2 aromatic rings. The van der Waals surface area contributed by atoms with Crippen LogP contribution in [0.5, 0.6) is 0 Å². The molecule has 1 aromatic heterocycles. The summed E-state index contributed by atoms with van der Waals surface area (Å²) in [6.07, 6.45) is 6.16. The molecule has 7 nitrogen and oxygen atoms in total. The second-order valence-corrected chi connectivity index (χ2v) is 10.2. The Hall–Kier alpha value is -2.06. The molecule has 32 heavy (non-hydrogen) atoms. The van der Waals surface area contributed by atoms with E-state index < -0.39 is 0 Å². The van der Waals surface area contributed by atoms with E-state index in [0.29, 0.717) is 11.8 Å². The number of hydrogen-bond donors (Lipinski definition) is 0. The molecular formula is C24H34N6OS. The summed E-state index contributed by atoms with van der Waals surface area (Å²) in [4.78, 5) is 19.8. The van der Waals surface area contributed by atoms with Crippen LogP contribution in [0, 0.1) is 6.92 Å². The molecule has 0 atom stereocenters. The largest absolute Gasteiger partial charge is 0.341 e. The third-order valence-corrected chi connectivity index (χ3v) is 7.83. The summed E-state index contributed by atoms with van der Waals surface area (Å²) in [7, 11) is 0. The topological polar surface area (TPSA) is 57.5 Å². The molecule has 3 aliphatic rings. The fourth-order valence-corrected chi connectivity index (χ4v) is 5.63. The Morgan fingerprint density at radius 2 is 1.75 bits per heavy atom. The minimum atomic E-state index is 0.218. The van der Waals surface area contributed by atoms with Gasteiger partial charge >= 0.3 is 0 Å². The van der Waals surface area contributed by atoms with Gasteiger partial charge in [0.25, 0.3) is 0 Å². The Bertz CT molecular complexity index is 928. The number of aryl methyl sites for hydroxylation is 1. The lowest BCUT2D eigenvalue weighted by Crippen LogP contribution is -2.48. The number of carbonyl (C=O) groups is 1. The molecule has 0 bridgehead atoms. The van der Waals surface area contributed by atoms with E-state index in [9.17, 15) is 4.79 Å². The lowest BCUT2D eigenvalue weighted by molar-refractivity contribution is -0.130. The molecule has 1 saturated carbocycles. The van der Waals surface area contributed by atoms with E-state index >= 15 is 0 Å². The Kier molecular flexibility index (Phi) is 6.69. The van der Waals surface area contributed by atoms with Crippen LogP contribution in [0.4, 0.5) is 5.95 Å². The van der Waals surface area contributed by atoms with Crippen LogP contribution >= 0.6 is 11.8 Å². The molecule has 1 aliphatic carbocycles.